The van der Waals surface area contributed by atoms with Crippen molar-refractivity contribution in [1.82, 2.24) is 16.0 Å². The number of carboxylic acids is 1. The number of rotatable bonds is 16. The van der Waals surface area contributed by atoms with Gasteiger partial charge in [0.25, 0.3) is 0 Å². The van der Waals surface area contributed by atoms with Gasteiger partial charge in [-0.25, -0.2) is 4.79 Å². The molecule has 0 saturated heterocycles. The molecular weight excluding hydrogens is 538 g/mol. The van der Waals surface area contributed by atoms with E-state index >= 15 is 0 Å². The minimum atomic E-state index is -1.28. The van der Waals surface area contributed by atoms with Crippen LogP contribution in [0.15, 0.2) is 54.6 Å². The third-order valence-corrected chi connectivity index (χ3v) is 6.55. The molecule has 40 heavy (non-hydrogen) atoms. The molecule has 2 rings (SSSR count). The van der Waals surface area contributed by atoms with Crippen LogP contribution in [0, 0.1) is 0 Å². The van der Waals surface area contributed by atoms with Crippen LogP contribution in [0.1, 0.15) is 24.0 Å². The summed E-state index contributed by atoms with van der Waals surface area (Å²) in [5.41, 5.74) is 12.2. The summed E-state index contributed by atoms with van der Waals surface area (Å²) in [5.74, 6) is -3.74. The van der Waals surface area contributed by atoms with E-state index in [1.54, 1.807) is 42.5 Å². The Hall–Kier alpha value is -4.10. The molecule has 4 amide bonds. The highest BCUT2D eigenvalue weighted by Gasteiger charge is 2.31. The van der Waals surface area contributed by atoms with Crippen molar-refractivity contribution in [2.45, 2.75) is 49.9 Å². The topological polar surface area (TPSA) is 214 Å². The van der Waals surface area contributed by atoms with E-state index in [-0.39, 0.29) is 25.0 Å². The fraction of sp³-hybridized carbons (Fsp3) is 0.370. The number of hydrogen-bond donors (Lipinski definition) is 7. The Morgan fingerprint density at radius 2 is 1.30 bits per heavy atom. The van der Waals surface area contributed by atoms with Gasteiger partial charge < -0.3 is 37.6 Å². The van der Waals surface area contributed by atoms with E-state index in [1.807, 2.05) is 6.26 Å². The molecule has 4 unspecified atom stereocenters. The van der Waals surface area contributed by atoms with Crippen molar-refractivity contribution in [1.29, 1.82) is 0 Å². The predicted octanol–water partition coefficient (Wildman–Crippen LogP) is -0.328. The molecule has 2 aromatic carbocycles. The lowest BCUT2D eigenvalue weighted by molar-refractivity contribution is -0.142. The number of primary amides is 1. The zero-order valence-corrected chi connectivity index (χ0v) is 22.9. The van der Waals surface area contributed by atoms with Crippen molar-refractivity contribution in [3.05, 3.63) is 65.7 Å². The Morgan fingerprint density at radius 1 is 0.800 bits per heavy atom. The smallest absolute Gasteiger partial charge is 0.326 e. The Labute approximate surface area is 236 Å². The quantitative estimate of drug-likeness (QED) is 0.140. The van der Waals surface area contributed by atoms with Gasteiger partial charge in [-0.05, 0) is 41.7 Å². The van der Waals surface area contributed by atoms with E-state index in [4.69, 9.17) is 11.5 Å². The summed E-state index contributed by atoms with van der Waals surface area (Å²) < 4.78 is 0. The average Bonchev–Trinajstić information content (AvgIpc) is 2.91. The van der Waals surface area contributed by atoms with Crippen molar-refractivity contribution >= 4 is 41.4 Å². The van der Waals surface area contributed by atoms with Crippen LogP contribution in [0.3, 0.4) is 0 Å². The van der Waals surface area contributed by atoms with Gasteiger partial charge in [0.1, 0.15) is 23.9 Å². The molecule has 0 radical (unpaired) electrons. The second-order valence-corrected chi connectivity index (χ2v) is 10.1. The normalized spacial score (nSPS) is 13.8. The van der Waals surface area contributed by atoms with Gasteiger partial charge in [0.05, 0.1) is 12.5 Å². The van der Waals surface area contributed by atoms with Crippen LogP contribution < -0.4 is 27.4 Å². The van der Waals surface area contributed by atoms with E-state index in [2.05, 4.69) is 16.0 Å². The SMILES string of the molecule is CSCCC(NC(=O)C(Cc1ccc(O)cc1)NC(=O)C(Cc1ccccc1)NC(=O)C(N)CC(N)=O)C(=O)O. The first-order valence-electron chi connectivity index (χ1n) is 12.5. The van der Waals surface area contributed by atoms with Crippen LogP contribution in [-0.2, 0) is 36.8 Å². The number of carbonyl (C=O) groups excluding carboxylic acids is 4. The number of aliphatic carboxylic acids is 1. The van der Waals surface area contributed by atoms with Crippen LogP contribution in [0.4, 0.5) is 0 Å². The predicted molar refractivity (Wildman–Crippen MR) is 150 cm³/mol. The van der Waals surface area contributed by atoms with Gasteiger partial charge in [0, 0.05) is 12.8 Å². The number of hydrogen-bond acceptors (Lipinski definition) is 8. The zero-order chi connectivity index (χ0) is 29.7. The maximum Gasteiger partial charge on any atom is 0.326 e. The summed E-state index contributed by atoms with van der Waals surface area (Å²) >= 11 is 1.43. The molecule has 0 saturated carbocycles. The lowest BCUT2D eigenvalue weighted by atomic mass is 10.0. The minimum Gasteiger partial charge on any atom is -0.508 e. The van der Waals surface area contributed by atoms with Crippen molar-refractivity contribution in [3.63, 3.8) is 0 Å². The zero-order valence-electron chi connectivity index (χ0n) is 22.0. The molecule has 0 fully saturated rings. The first-order valence-corrected chi connectivity index (χ1v) is 13.9. The van der Waals surface area contributed by atoms with Gasteiger partial charge >= 0.3 is 5.97 Å². The van der Waals surface area contributed by atoms with E-state index < -0.39 is 60.2 Å². The van der Waals surface area contributed by atoms with Crippen LogP contribution >= 0.6 is 11.8 Å². The molecule has 0 spiro atoms. The molecule has 0 heterocycles. The van der Waals surface area contributed by atoms with Crippen molar-refractivity contribution in [2.75, 3.05) is 12.0 Å². The maximum atomic E-state index is 13.5. The number of thioether (sulfide) groups is 1. The van der Waals surface area contributed by atoms with Crippen LogP contribution in [-0.4, -0.2) is 76.0 Å². The fourth-order valence-corrected chi connectivity index (χ4v) is 4.23. The standard InChI is InChI=1S/C27H35N5O7S/c1-40-12-11-20(27(38)39)30-25(36)22(14-17-7-9-18(33)10-8-17)32-26(37)21(13-16-5-3-2-4-6-16)31-24(35)19(28)15-23(29)34/h2-10,19-22,33H,11-15,28H2,1H3,(H2,29,34)(H,30,36)(H,31,35)(H,32,37)(H,38,39). The lowest BCUT2D eigenvalue weighted by Crippen LogP contribution is -2.58. The molecular formula is C27H35N5O7S. The van der Waals surface area contributed by atoms with Gasteiger partial charge in [-0.1, -0.05) is 42.5 Å². The molecule has 216 valence electrons. The number of nitrogens with one attached hydrogen (secondary N) is 3. The summed E-state index contributed by atoms with van der Waals surface area (Å²) in [4.78, 5) is 62.3. The molecule has 0 aliphatic rings. The number of amides is 4. The lowest BCUT2D eigenvalue weighted by Gasteiger charge is -2.25. The molecule has 0 aliphatic carbocycles. The van der Waals surface area contributed by atoms with E-state index in [1.165, 1.54) is 23.9 Å². The first-order chi connectivity index (χ1) is 19.0. The van der Waals surface area contributed by atoms with Crippen molar-refractivity contribution in [3.8, 4) is 5.75 Å². The molecule has 4 atom stereocenters. The summed E-state index contributed by atoms with van der Waals surface area (Å²) in [5, 5.41) is 26.8. The highest BCUT2D eigenvalue weighted by Crippen LogP contribution is 2.13. The molecule has 0 bridgehead atoms. The number of nitrogens with two attached hydrogens (primary N) is 2. The fourth-order valence-electron chi connectivity index (χ4n) is 3.76. The number of carboxylic acid groups (broad SMARTS) is 1. The highest BCUT2D eigenvalue weighted by atomic mass is 32.2. The number of carbonyl (C=O) groups is 5. The third kappa shape index (κ3) is 10.9. The minimum absolute atomic E-state index is 0.00901. The van der Waals surface area contributed by atoms with Crippen LogP contribution in [0.2, 0.25) is 0 Å². The van der Waals surface area contributed by atoms with Gasteiger partial charge in [-0.2, -0.15) is 11.8 Å². The van der Waals surface area contributed by atoms with Crippen molar-refractivity contribution < 1.29 is 34.2 Å². The third-order valence-electron chi connectivity index (χ3n) is 5.91. The second-order valence-electron chi connectivity index (χ2n) is 9.14. The van der Waals surface area contributed by atoms with E-state index in [9.17, 15) is 34.2 Å². The maximum absolute atomic E-state index is 13.5. The van der Waals surface area contributed by atoms with Crippen molar-refractivity contribution in [2.24, 2.45) is 11.5 Å². The Morgan fingerprint density at radius 3 is 1.80 bits per heavy atom. The average molecular weight is 574 g/mol. The molecule has 9 N–H and O–H groups in total. The Balaban J connectivity index is 2.31. The summed E-state index contributed by atoms with van der Waals surface area (Å²) in [6.07, 6.45) is 1.57. The molecule has 2 aromatic rings. The molecule has 0 aliphatic heterocycles. The first kappa shape index (κ1) is 32.1. The van der Waals surface area contributed by atoms with Crippen LogP contribution in [0.5, 0.6) is 5.75 Å². The van der Waals surface area contributed by atoms with E-state index in [0.29, 0.717) is 16.9 Å². The van der Waals surface area contributed by atoms with Gasteiger partial charge in [-0.15, -0.1) is 0 Å². The number of phenols is 1. The van der Waals surface area contributed by atoms with E-state index in [0.717, 1.165) is 0 Å². The van der Waals surface area contributed by atoms with Gasteiger partial charge in [-0.3, -0.25) is 19.2 Å². The second kappa shape index (κ2) is 16.1. The summed E-state index contributed by atoms with van der Waals surface area (Å²) in [6, 6.07) is 9.90. The monoisotopic (exact) mass is 573 g/mol. The summed E-state index contributed by atoms with van der Waals surface area (Å²) in [7, 11) is 0. The molecule has 12 nitrogen and oxygen atoms in total. The summed E-state index contributed by atoms with van der Waals surface area (Å²) in [6.45, 7) is 0. The highest BCUT2D eigenvalue weighted by molar-refractivity contribution is 7.98. The van der Waals surface area contributed by atoms with Crippen LogP contribution in [0.25, 0.3) is 0 Å². The molecule has 13 heteroatoms. The number of benzene rings is 2. The Kier molecular flexibility index (Phi) is 12.9. The largest absolute Gasteiger partial charge is 0.508 e. The molecule has 0 aromatic heterocycles. The Bertz CT molecular complexity index is 1160. The van der Waals surface area contributed by atoms with Gasteiger partial charge in [0.15, 0.2) is 0 Å². The van der Waals surface area contributed by atoms with Gasteiger partial charge in [0.2, 0.25) is 23.6 Å². The number of phenolic OH excluding ortho intramolecular Hbond substituents is 1. The number of aromatic hydroxyl groups is 1.